The summed E-state index contributed by atoms with van der Waals surface area (Å²) in [6.45, 7) is 4.01. The van der Waals surface area contributed by atoms with Gasteiger partial charge in [-0.15, -0.1) is 0 Å². The lowest BCUT2D eigenvalue weighted by Gasteiger charge is -2.24. The van der Waals surface area contributed by atoms with Crippen molar-refractivity contribution in [2.75, 3.05) is 26.8 Å². The molecule has 1 N–H and O–H groups in total. The van der Waals surface area contributed by atoms with Crippen LogP contribution in [-0.2, 0) is 29.2 Å². The standard InChI is InChI=1S/C18H23ClN4O2/c1-25-13-18(24)20-8-15-10-22(9-14-3-2-4-16(19)7-14)12-17-5-6-21-23(17)11-15/h2-7,15H,8-13H2,1H3,(H,20,24). The molecule has 1 atom stereocenters. The normalized spacial score (nSPS) is 17.8. The fourth-order valence-corrected chi connectivity index (χ4v) is 3.42. The summed E-state index contributed by atoms with van der Waals surface area (Å²) in [5.74, 6) is 0.190. The zero-order chi connectivity index (χ0) is 17.6. The van der Waals surface area contributed by atoms with Crippen molar-refractivity contribution >= 4 is 17.5 Å². The molecule has 1 aromatic carbocycles. The lowest BCUT2D eigenvalue weighted by molar-refractivity contribution is -0.124. The summed E-state index contributed by atoms with van der Waals surface area (Å²) in [7, 11) is 1.52. The highest BCUT2D eigenvalue weighted by molar-refractivity contribution is 6.30. The summed E-state index contributed by atoms with van der Waals surface area (Å²) in [5, 5.41) is 8.11. The van der Waals surface area contributed by atoms with E-state index in [0.717, 1.165) is 31.2 Å². The summed E-state index contributed by atoms with van der Waals surface area (Å²) >= 11 is 6.11. The zero-order valence-electron chi connectivity index (χ0n) is 14.3. The first kappa shape index (κ1) is 17.9. The van der Waals surface area contributed by atoms with Gasteiger partial charge in [0.25, 0.3) is 0 Å². The number of nitrogens with zero attached hydrogens (tertiary/aromatic N) is 3. The molecule has 2 aromatic rings. The molecular weight excluding hydrogens is 340 g/mol. The Hall–Kier alpha value is -1.89. The molecule has 1 aliphatic heterocycles. The molecule has 1 unspecified atom stereocenters. The van der Waals surface area contributed by atoms with Gasteiger partial charge in [-0.05, 0) is 23.8 Å². The van der Waals surface area contributed by atoms with Crippen molar-refractivity contribution in [2.45, 2.75) is 19.6 Å². The molecule has 0 spiro atoms. The van der Waals surface area contributed by atoms with Crippen molar-refractivity contribution in [3.63, 3.8) is 0 Å². The van der Waals surface area contributed by atoms with Gasteiger partial charge in [0.2, 0.25) is 5.91 Å². The summed E-state index contributed by atoms with van der Waals surface area (Å²) in [6, 6.07) is 10.00. The Labute approximate surface area is 152 Å². The van der Waals surface area contributed by atoms with Gasteiger partial charge in [0, 0.05) is 57.0 Å². The molecule has 1 amide bonds. The Morgan fingerprint density at radius 2 is 2.28 bits per heavy atom. The van der Waals surface area contributed by atoms with Crippen molar-refractivity contribution in [3.05, 3.63) is 52.8 Å². The first-order chi connectivity index (χ1) is 12.1. The smallest absolute Gasteiger partial charge is 0.245 e. The molecule has 2 heterocycles. The largest absolute Gasteiger partial charge is 0.375 e. The summed E-state index contributed by atoms with van der Waals surface area (Å²) in [5.41, 5.74) is 2.37. The molecule has 0 aliphatic carbocycles. The molecule has 0 fully saturated rings. The van der Waals surface area contributed by atoms with Gasteiger partial charge in [-0.25, -0.2) is 0 Å². The van der Waals surface area contributed by atoms with Crippen LogP contribution < -0.4 is 5.32 Å². The van der Waals surface area contributed by atoms with Crippen LogP contribution in [0, 0.1) is 5.92 Å². The highest BCUT2D eigenvalue weighted by Gasteiger charge is 2.23. The second-order valence-electron chi connectivity index (χ2n) is 6.41. The minimum absolute atomic E-state index is 0.0890. The van der Waals surface area contributed by atoms with E-state index < -0.39 is 0 Å². The number of fused-ring (bicyclic) bond motifs is 1. The zero-order valence-corrected chi connectivity index (χ0v) is 15.1. The number of halogens is 1. The number of amides is 1. The molecule has 0 bridgehead atoms. The molecule has 0 radical (unpaired) electrons. The number of carbonyl (C=O) groups excluding carboxylic acids is 1. The SMILES string of the molecule is COCC(=O)NCC1CN(Cc2cccc(Cl)c2)Cc2ccnn2C1. The number of aromatic nitrogens is 2. The molecule has 3 rings (SSSR count). The van der Waals surface area contributed by atoms with E-state index in [4.69, 9.17) is 16.3 Å². The minimum atomic E-state index is -0.0890. The third-order valence-electron chi connectivity index (χ3n) is 4.30. The number of carbonyl (C=O) groups is 1. The number of nitrogens with one attached hydrogen (secondary N) is 1. The number of rotatable bonds is 6. The third-order valence-corrected chi connectivity index (χ3v) is 4.53. The van der Waals surface area contributed by atoms with Crippen molar-refractivity contribution in [3.8, 4) is 0 Å². The Morgan fingerprint density at radius 1 is 1.40 bits per heavy atom. The minimum Gasteiger partial charge on any atom is -0.375 e. The van der Waals surface area contributed by atoms with Crippen molar-refractivity contribution in [2.24, 2.45) is 5.92 Å². The van der Waals surface area contributed by atoms with E-state index in [0.29, 0.717) is 6.54 Å². The van der Waals surface area contributed by atoms with Crippen LogP contribution in [0.15, 0.2) is 36.5 Å². The van der Waals surface area contributed by atoms with E-state index in [9.17, 15) is 4.79 Å². The van der Waals surface area contributed by atoms with Crippen LogP contribution in [-0.4, -0.2) is 47.4 Å². The fourth-order valence-electron chi connectivity index (χ4n) is 3.20. The topological polar surface area (TPSA) is 59.4 Å². The number of benzene rings is 1. The highest BCUT2D eigenvalue weighted by Crippen LogP contribution is 2.19. The second kappa shape index (κ2) is 8.47. The lowest BCUT2D eigenvalue weighted by Crippen LogP contribution is -2.37. The Kier molecular flexibility index (Phi) is 6.07. The van der Waals surface area contributed by atoms with Gasteiger partial charge < -0.3 is 10.1 Å². The Morgan fingerprint density at radius 3 is 3.08 bits per heavy atom. The van der Waals surface area contributed by atoms with Crippen LogP contribution in [0.2, 0.25) is 5.02 Å². The van der Waals surface area contributed by atoms with E-state index in [1.165, 1.54) is 18.4 Å². The second-order valence-corrected chi connectivity index (χ2v) is 6.84. The van der Waals surface area contributed by atoms with Crippen molar-refractivity contribution < 1.29 is 9.53 Å². The van der Waals surface area contributed by atoms with E-state index in [1.54, 1.807) is 0 Å². The number of ether oxygens (including phenoxy) is 1. The van der Waals surface area contributed by atoms with Gasteiger partial charge in [-0.2, -0.15) is 5.10 Å². The summed E-state index contributed by atoms with van der Waals surface area (Å²) in [4.78, 5) is 14.1. The van der Waals surface area contributed by atoms with E-state index >= 15 is 0 Å². The molecule has 134 valence electrons. The first-order valence-electron chi connectivity index (χ1n) is 8.37. The quantitative estimate of drug-likeness (QED) is 0.853. The lowest BCUT2D eigenvalue weighted by atomic mass is 10.1. The highest BCUT2D eigenvalue weighted by atomic mass is 35.5. The van der Waals surface area contributed by atoms with Gasteiger partial charge in [0.1, 0.15) is 6.61 Å². The molecule has 0 saturated heterocycles. The van der Waals surface area contributed by atoms with Gasteiger partial charge >= 0.3 is 0 Å². The maximum absolute atomic E-state index is 11.7. The number of hydrogen-bond acceptors (Lipinski definition) is 4. The van der Waals surface area contributed by atoms with E-state index in [1.807, 2.05) is 29.1 Å². The van der Waals surface area contributed by atoms with Gasteiger partial charge in [-0.1, -0.05) is 23.7 Å². The van der Waals surface area contributed by atoms with Crippen LogP contribution in [0.5, 0.6) is 0 Å². The third kappa shape index (κ3) is 5.04. The van der Waals surface area contributed by atoms with Crippen LogP contribution in [0.25, 0.3) is 0 Å². The molecule has 6 nitrogen and oxygen atoms in total. The van der Waals surface area contributed by atoms with Crippen LogP contribution in [0.4, 0.5) is 0 Å². The summed E-state index contributed by atoms with van der Waals surface area (Å²) < 4.78 is 6.90. The van der Waals surface area contributed by atoms with Crippen LogP contribution in [0.1, 0.15) is 11.3 Å². The van der Waals surface area contributed by atoms with Gasteiger partial charge in [0.15, 0.2) is 0 Å². The molecule has 7 heteroatoms. The maximum Gasteiger partial charge on any atom is 0.245 e. The number of methoxy groups -OCH3 is 1. The van der Waals surface area contributed by atoms with Gasteiger partial charge in [0.05, 0.1) is 5.69 Å². The Balaban J connectivity index is 1.69. The van der Waals surface area contributed by atoms with Crippen molar-refractivity contribution in [1.29, 1.82) is 0 Å². The fraction of sp³-hybridized carbons (Fsp3) is 0.444. The average Bonchev–Trinajstić information content (AvgIpc) is 2.93. The van der Waals surface area contributed by atoms with Crippen LogP contribution >= 0.6 is 11.6 Å². The van der Waals surface area contributed by atoms with Crippen molar-refractivity contribution in [1.82, 2.24) is 20.0 Å². The molecular formula is C18H23ClN4O2. The van der Waals surface area contributed by atoms with E-state index in [2.05, 4.69) is 27.4 Å². The average molecular weight is 363 g/mol. The van der Waals surface area contributed by atoms with Gasteiger partial charge in [-0.3, -0.25) is 14.4 Å². The van der Waals surface area contributed by atoms with Crippen LogP contribution in [0.3, 0.4) is 0 Å². The number of hydrogen-bond donors (Lipinski definition) is 1. The maximum atomic E-state index is 11.7. The van der Waals surface area contributed by atoms with E-state index in [-0.39, 0.29) is 18.4 Å². The monoisotopic (exact) mass is 362 g/mol. The molecule has 1 aromatic heterocycles. The molecule has 25 heavy (non-hydrogen) atoms. The first-order valence-corrected chi connectivity index (χ1v) is 8.75. The predicted octanol–water partition coefficient (Wildman–Crippen LogP) is 1.93. The molecule has 1 aliphatic rings. The molecule has 0 saturated carbocycles. The Bertz CT molecular complexity index is 719. The predicted molar refractivity (Wildman–Crippen MR) is 96.2 cm³/mol. The summed E-state index contributed by atoms with van der Waals surface area (Å²) in [6.07, 6.45) is 1.83.